The lowest BCUT2D eigenvalue weighted by atomic mass is 9.78. The Hall–Kier alpha value is -0.710. The van der Waals surface area contributed by atoms with Crippen LogP contribution < -0.4 is 5.32 Å². The Bertz CT molecular complexity index is 485. The van der Waals surface area contributed by atoms with Crippen molar-refractivity contribution in [2.75, 3.05) is 26.2 Å². The van der Waals surface area contributed by atoms with E-state index in [0.29, 0.717) is 16.1 Å². The molecule has 0 aliphatic carbocycles. The highest BCUT2D eigenvalue weighted by Gasteiger charge is 2.38. The standard InChI is InChI=1S/C14H20ClN3O.ClH/c1-17-9-11(15)8-12(17)13(19)18-6-3-14(4-7-18)2-5-16-10-14;/h8-9,16H,2-7,10H2,1H3;1H. The number of aryl methyl sites for hydroxylation is 1. The summed E-state index contributed by atoms with van der Waals surface area (Å²) in [6, 6.07) is 1.76. The summed E-state index contributed by atoms with van der Waals surface area (Å²) in [6.45, 7) is 3.97. The predicted octanol–water partition coefficient (Wildman–Crippen LogP) is 2.32. The van der Waals surface area contributed by atoms with Gasteiger partial charge in [0.25, 0.3) is 5.91 Å². The Morgan fingerprint density at radius 1 is 1.35 bits per heavy atom. The van der Waals surface area contributed by atoms with Crippen LogP contribution in [-0.2, 0) is 7.05 Å². The van der Waals surface area contributed by atoms with Crippen LogP contribution in [0.5, 0.6) is 0 Å². The van der Waals surface area contributed by atoms with Gasteiger partial charge in [0.15, 0.2) is 0 Å². The monoisotopic (exact) mass is 317 g/mol. The fraction of sp³-hybridized carbons (Fsp3) is 0.643. The lowest BCUT2D eigenvalue weighted by Crippen LogP contribution is -2.44. The molecule has 4 nitrogen and oxygen atoms in total. The van der Waals surface area contributed by atoms with E-state index >= 15 is 0 Å². The molecule has 1 aromatic heterocycles. The number of nitrogens with one attached hydrogen (secondary N) is 1. The van der Waals surface area contributed by atoms with Gasteiger partial charge in [0, 0.05) is 32.9 Å². The van der Waals surface area contributed by atoms with E-state index < -0.39 is 0 Å². The molecule has 0 atom stereocenters. The average Bonchev–Trinajstić information content (AvgIpc) is 2.97. The molecule has 6 heteroatoms. The molecule has 1 amide bonds. The molecule has 0 unspecified atom stereocenters. The van der Waals surface area contributed by atoms with Gasteiger partial charge in [-0.2, -0.15) is 0 Å². The van der Waals surface area contributed by atoms with Gasteiger partial charge in [-0.25, -0.2) is 0 Å². The second kappa shape index (κ2) is 5.96. The topological polar surface area (TPSA) is 37.3 Å². The molecule has 20 heavy (non-hydrogen) atoms. The van der Waals surface area contributed by atoms with Gasteiger partial charge in [0.2, 0.25) is 0 Å². The summed E-state index contributed by atoms with van der Waals surface area (Å²) < 4.78 is 1.81. The van der Waals surface area contributed by atoms with Crippen molar-refractivity contribution in [3.63, 3.8) is 0 Å². The van der Waals surface area contributed by atoms with Gasteiger partial charge in [-0.15, -0.1) is 12.4 Å². The molecule has 3 heterocycles. The molecule has 1 spiro atoms. The largest absolute Gasteiger partial charge is 0.345 e. The van der Waals surface area contributed by atoms with Gasteiger partial charge >= 0.3 is 0 Å². The number of piperidine rings is 1. The van der Waals surface area contributed by atoms with Crippen LogP contribution in [0.2, 0.25) is 5.02 Å². The van der Waals surface area contributed by atoms with Crippen LogP contribution in [0.3, 0.4) is 0 Å². The molecule has 0 aromatic carbocycles. The molecule has 0 saturated carbocycles. The smallest absolute Gasteiger partial charge is 0.270 e. The van der Waals surface area contributed by atoms with Crippen molar-refractivity contribution in [1.82, 2.24) is 14.8 Å². The van der Waals surface area contributed by atoms with E-state index in [1.807, 2.05) is 16.5 Å². The normalized spacial score (nSPS) is 21.0. The van der Waals surface area contributed by atoms with E-state index in [0.717, 1.165) is 39.0 Å². The van der Waals surface area contributed by atoms with Crippen molar-refractivity contribution in [1.29, 1.82) is 0 Å². The maximum atomic E-state index is 12.5. The molecular weight excluding hydrogens is 297 g/mol. The van der Waals surface area contributed by atoms with Crippen molar-refractivity contribution in [3.8, 4) is 0 Å². The number of likely N-dealkylation sites (tertiary alicyclic amines) is 1. The second-order valence-electron chi connectivity index (χ2n) is 5.87. The fourth-order valence-corrected chi connectivity index (χ4v) is 3.55. The summed E-state index contributed by atoms with van der Waals surface area (Å²) in [5, 5.41) is 4.07. The molecule has 2 fully saturated rings. The van der Waals surface area contributed by atoms with Crippen molar-refractivity contribution in [3.05, 3.63) is 23.0 Å². The number of carbonyl (C=O) groups is 1. The number of rotatable bonds is 1. The Labute approximate surface area is 130 Å². The van der Waals surface area contributed by atoms with E-state index in [9.17, 15) is 4.79 Å². The minimum atomic E-state index is 0. The number of aromatic nitrogens is 1. The summed E-state index contributed by atoms with van der Waals surface area (Å²) in [6.07, 6.45) is 5.26. The Morgan fingerprint density at radius 3 is 2.55 bits per heavy atom. The number of amides is 1. The van der Waals surface area contributed by atoms with E-state index in [-0.39, 0.29) is 18.3 Å². The first-order chi connectivity index (χ1) is 9.10. The third kappa shape index (κ3) is 2.83. The zero-order chi connectivity index (χ0) is 13.5. The maximum Gasteiger partial charge on any atom is 0.270 e. The Kier molecular flexibility index (Phi) is 4.67. The SMILES string of the molecule is Cl.Cn1cc(Cl)cc1C(=O)N1CCC2(CCNC2)CC1. The summed E-state index contributed by atoms with van der Waals surface area (Å²) in [4.78, 5) is 14.4. The molecule has 3 rings (SSSR count). The summed E-state index contributed by atoms with van der Waals surface area (Å²) in [5.41, 5.74) is 1.13. The predicted molar refractivity (Wildman–Crippen MR) is 82.7 cm³/mol. The number of halogens is 2. The zero-order valence-corrected chi connectivity index (χ0v) is 13.3. The van der Waals surface area contributed by atoms with Crippen LogP contribution >= 0.6 is 24.0 Å². The van der Waals surface area contributed by atoms with Crippen LogP contribution in [0, 0.1) is 5.41 Å². The number of hydrogen-bond donors (Lipinski definition) is 1. The lowest BCUT2D eigenvalue weighted by molar-refractivity contribution is 0.0598. The third-order valence-electron chi connectivity index (χ3n) is 4.63. The van der Waals surface area contributed by atoms with Crippen LogP contribution in [-0.4, -0.2) is 41.6 Å². The van der Waals surface area contributed by atoms with E-state index in [1.54, 1.807) is 12.3 Å². The summed E-state index contributed by atoms with van der Waals surface area (Å²) >= 11 is 5.95. The van der Waals surface area contributed by atoms with Crippen LogP contribution in [0.4, 0.5) is 0 Å². The van der Waals surface area contributed by atoms with Crippen LogP contribution in [0.25, 0.3) is 0 Å². The van der Waals surface area contributed by atoms with Gasteiger partial charge in [-0.05, 0) is 37.3 Å². The highest BCUT2D eigenvalue weighted by atomic mass is 35.5. The third-order valence-corrected chi connectivity index (χ3v) is 4.84. The summed E-state index contributed by atoms with van der Waals surface area (Å²) in [7, 11) is 1.87. The summed E-state index contributed by atoms with van der Waals surface area (Å²) in [5.74, 6) is 0.107. The maximum absolute atomic E-state index is 12.5. The Balaban J connectivity index is 0.00000147. The molecule has 1 N–H and O–H groups in total. The first-order valence-corrected chi connectivity index (χ1v) is 7.29. The van der Waals surface area contributed by atoms with Crippen molar-refractivity contribution >= 4 is 29.9 Å². The number of hydrogen-bond acceptors (Lipinski definition) is 2. The minimum Gasteiger partial charge on any atom is -0.345 e. The van der Waals surface area contributed by atoms with E-state index in [1.165, 1.54) is 6.42 Å². The van der Waals surface area contributed by atoms with Gasteiger partial charge in [-0.3, -0.25) is 4.79 Å². The second-order valence-corrected chi connectivity index (χ2v) is 6.31. The minimum absolute atomic E-state index is 0. The van der Waals surface area contributed by atoms with E-state index in [2.05, 4.69) is 5.32 Å². The molecule has 2 aliphatic rings. The highest BCUT2D eigenvalue weighted by Crippen LogP contribution is 2.37. The van der Waals surface area contributed by atoms with Crippen LogP contribution in [0.1, 0.15) is 29.8 Å². The quantitative estimate of drug-likeness (QED) is 0.863. The van der Waals surface area contributed by atoms with Crippen LogP contribution in [0.15, 0.2) is 12.3 Å². The number of carbonyl (C=O) groups excluding carboxylic acids is 1. The first-order valence-electron chi connectivity index (χ1n) is 6.92. The van der Waals surface area contributed by atoms with Crippen molar-refractivity contribution < 1.29 is 4.79 Å². The van der Waals surface area contributed by atoms with Gasteiger partial charge < -0.3 is 14.8 Å². The number of nitrogens with zero attached hydrogens (tertiary/aromatic N) is 2. The van der Waals surface area contributed by atoms with Gasteiger partial charge in [0.05, 0.1) is 5.02 Å². The fourth-order valence-electron chi connectivity index (χ4n) is 3.31. The first kappa shape index (κ1) is 15.7. The Morgan fingerprint density at radius 2 is 2.05 bits per heavy atom. The molecule has 1 aromatic rings. The highest BCUT2D eigenvalue weighted by molar-refractivity contribution is 6.31. The molecule has 0 bridgehead atoms. The van der Waals surface area contributed by atoms with Crippen molar-refractivity contribution in [2.45, 2.75) is 19.3 Å². The molecule has 2 saturated heterocycles. The van der Waals surface area contributed by atoms with Gasteiger partial charge in [0.1, 0.15) is 5.69 Å². The lowest BCUT2D eigenvalue weighted by Gasteiger charge is -2.38. The van der Waals surface area contributed by atoms with Gasteiger partial charge in [-0.1, -0.05) is 11.6 Å². The van der Waals surface area contributed by atoms with Crippen molar-refractivity contribution in [2.24, 2.45) is 12.5 Å². The molecular formula is C14H21Cl2N3O. The zero-order valence-electron chi connectivity index (χ0n) is 11.7. The molecule has 0 radical (unpaired) electrons. The molecule has 112 valence electrons. The molecule has 2 aliphatic heterocycles. The van der Waals surface area contributed by atoms with E-state index in [4.69, 9.17) is 11.6 Å². The average molecular weight is 318 g/mol.